The van der Waals surface area contributed by atoms with Crippen molar-refractivity contribution in [1.82, 2.24) is 0 Å². The number of rotatable bonds is 0. The topological polar surface area (TPSA) is 64.7 Å². The number of carbonyl (C=O) groups is 1. The van der Waals surface area contributed by atoms with Crippen LogP contribution in [-0.2, 0) is 0 Å². The van der Waals surface area contributed by atoms with Crippen LogP contribution in [0.25, 0.3) is 15.0 Å². The number of hydrogen-bond donors (Lipinski definition) is 0. The molecule has 3 rings (SSSR count). The number of nitriles is 2. The summed E-state index contributed by atoms with van der Waals surface area (Å²) in [6.07, 6.45) is 0.186. The van der Waals surface area contributed by atoms with Gasteiger partial charge in [0.1, 0.15) is 17.7 Å². The van der Waals surface area contributed by atoms with E-state index in [0.717, 1.165) is 15.0 Å². The summed E-state index contributed by atoms with van der Waals surface area (Å²) < 4.78 is 2.08. The molecule has 2 aromatic rings. The Hall–Kier alpha value is -1.95. The highest BCUT2D eigenvalue weighted by Gasteiger charge is 2.31. The van der Waals surface area contributed by atoms with Gasteiger partial charge in [0, 0.05) is 16.7 Å². The van der Waals surface area contributed by atoms with E-state index in [2.05, 4.69) is 0 Å². The van der Waals surface area contributed by atoms with Gasteiger partial charge in [-0.05, 0) is 17.0 Å². The molecule has 0 saturated heterocycles. The molecule has 2 aromatic heterocycles. The van der Waals surface area contributed by atoms with Crippen LogP contribution < -0.4 is 0 Å². The first-order valence-electron chi connectivity index (χ1n) is 4.83. The van der Waals surface area contributed by atoms with Crippen molar-refractivity contribution in [3.05, 3.63) is 27.5 Å². The molecule has 3 nitrogen and oxygen atoms in total. The van der Waals surface area contributed by atoms with Crippen molar-refractivity contribution in [1.29, 1.82) is 10.5 Å². The number of ketones is 1. The van der Waals surface area contributed by atoms with Gasteiger partial charge in [0.05, 0.1) is 9.58 Å². The van der Waals surface area contributed by atoms with Gasteiger partial charge in [0.25, 0.3) is 0 Å². The van der Waals surface area contributed by atoms with Gasteiger partial charge in [-0.1, -0.05) is 0 Å². The Balaban J connectivity index is 2.43. The molecule has 0 amide bonds. The maximum atomic E-state index is 11.8. The zero-order chi connectivity index (χ0) is 12.0. The number of carbonyl (C=O) groups excluding carboxylic acids is 1. The summed E-state index contributed by atoms with van der Waals surface area (Å²) in [5, 5.41) is 19.8. The van der Waals surface area contributed by atoms with Crippen molar-refractivity contribution < 1.29 is 4.79 Å². The summed E-state index contributed by atoms with van der Waals surface area (Å²) in [6.45, 7) is 0. The van der Waals surface area contributed by atoms with Crippen molar-refractivity contribution in [2.24, 2.45) is 0 Å². The third-order valence-electron chi connectivity index (χ3n) is 2.71. The molecule has 0 saturated carbocycles. The van der Waals surface area contributed by atoms with Gasteiger partial charge in [0.15, 0.2) is 5.78 Å². The van der Waals surface area contributed by atoms with Gasteiger partial charge < -0.3 is 0 Å². The van der Waals surface area contributed by atoms with Crippen LogP contribution >= 0.6 is 22.7 Å². The summed E-state index contributed by atoms with van der Waals surface area (Å²) in [7, 11) is 0. The fraction of sp³-hybridized carbons (Fsp3) is 0.0833. The molecule has 80 valence electrons. The van der Waals surface area contributed by atoms with Crippen molar-refractivity contribution in [3.63, 3.8) is 0 Å². The largest absolute Gasteiger partial charge is 0.293 e. The summed E-state index contributed by atoms with van der Waals surface area (Å²) in [5.74, 6) is 0.0198. The van der Waals surface area contributed by atoms with Gasteiger partial charge in [-0.25, -0.2) is 0 Å². The van der Waals surface area contributed by atoms with Gasteiger partial charge in [-0.3, -0.25) is 4.79 Å². The molecular weight excluding hydrogens is 252 g/mol. The van der Waals surface area contributed by atoms with E-state index in [-0.39, 0.29) is 17.8 Å². The zero-order valence-corrected chi connectivity index (χ0v) is 10.1. The lowest BCUT2D eigenvalue weighted by Gasteiger charge is -1.95. The summed E-state index contributed by atoms with van der Waals surface area (Å²) in [5.41, 5.74) is 1.48. The maximum absolute atomic E-state index is 11.8. The number of Topliss-reactive ketones (excluding diaryl/α,β-unsaturated/α-hetero) is 1. The van der Waals surface area contributed by atoms with Gasteiger partial charge >= 0.3 is 0 Å². The van der Waals surface area contributed by atoms with Crippen LogP contribution in [0.2, 0.25) is 0 Å². The molecule has 5 heteroatoms. The molecule has 0 unspecified atom stereocenters. The van der Waals surface area contributed by atoms with E-state index < -0.39 is 0 Å². The van der Waals surface area contributed by atoms with Crippen LogP contribution in [-0.4, -0.2) is 5.78 Å². The van der Waals surface area contributed by atoms with Gasteiger partial charge in [-0.15, -0.1) is 22.7 Å². The van der Waals surface area contributed by atoms with Crippen LogP contribution in [0.3, 0.4) is 0 Å². The normalized spacial score (nSPS) is 13.5. The van der Waals surface area contributed by atoms with Crippen molar-refractivity contribution in [3.8, 4) is 12.1 Å². The number of fused-ring (bicyclic) bond motifs is 3. The predicted octanol–water partition coefficient (Wildman–Crippen LogP) is 3.35. The van der Waals surface area contributed by atoms with E-state index >= 15 is 0 Å². The van der Waals surface area contributed by atoms with E-state index in [4.69, 9.17) is 10.5 Å². The van der Waals surface area contributed by atoms with Crippen LogP contribution in [0.5, 0.6) is 0 Å². The molecule has 0 bridgehead atoms. The Morgan fingerprint density at radius 1 is 1.35 bits per heavy atom. The minimum atomic E-state index is 0.0198. The van der Waals surface area contributed by atoms with Crippen LogP contribution in [0, 0.1) is 22.7 Å². The lowest BCUT2D eigenvalue weighted by atomic mass is 10.1. The first-order chi connectivity index (χ1) is 8.26. The average Bonchev–Trinajstić information content (AvgIpc) is 2.94. The molecule has 17 heavy (non-hydrogen) atoms. The van der Waals surface area contributed by atoms with Crippen LogP contribution in [0.1, 0.15) is 21.7 Å². The van der Waals surface area contributed by atoms with Crippen molar-refractivity contribution in [2.75, 3.05) is 0 Å². The van der Waals surface area contributed by atoms with Crippen LogP contribution in [0.4, 0.5) is 0 Å². The Kier molecular flexibility index (Phi) is 2.12. The van der Waals surface area contributed by atoms with Crippen LogP contribution in [0.15, 0.2) is 17.0 Å². The average molecular weight is 256 g/mol. The highest BCUT2D eigenvalue weighted by atomic mass is 32.1. The van der Waals surface area contributed by atoms with E-state index in [9.17, 15) is 4.79 Å². The van der Waals surface area contributed by atoms with E-state index in [1.54, 1.807) is 11.3 Å². The molecule has 0 aromatic carbocycles. The summed E-state index contributed by atoms with van der Waals surface area (Å²) >= 11 is 3.00. The quantitative estimate of drug-likeness (QED) is 0.679. The second kappa shape index (κ2) is 3.53. The molecular formula is C12H4N2OS2. The standard InChI is InChI=1S/C12H4N2OS2/c13-4-6(5-14)7-3-8(15)11-10(7)12-9(17-11)1-2-16-12/h1-2H,3H2. The Bertz CT molecular complexity index is 749. The maximum Gasteiger partial charge on any atom is 0.177 e. The number of nitrogens with zero attached hydrogens (tertiary/aromatic N) is 2. The number of thiophene rings is 2. The first-order valence-corrected chi connectivity index (χ1v) is 6.52. The lowest BCUT2D eigenvalue weighted by Crippen LogP contribution is -1.87. The Morgan fingerprint density at radius 3 is 2.82 bits per heavy atom. The number of hydrogen-bond acceptors (Lipinski definition) is 5. The van der Waals surface area contributed by atoms with Crippen molar-refractivity contribution in [2.45, 2.75) is 6.42 Å². The molecule has 0 aliphatic heterocycles. The predicted molar refractivity (Wildman–Crippen MR) is 66.8 cm³/mol. The molecule has 0 spiro atoms. The van der Waals surface area contributed by atoms with Gasteiger partial charge in [0.2, 0.25) is 0 Å². The van der Waals surface area contributed by atoms with Gasteiger partial charge in [-0.2, -0.15) is 10.5 Å². The molecule has 2 heterocycles. The highest BCUT2D eigenvalue weighted by molar-refractivity contribution is 7.28. The fourth-order valence-electron chi connectivity index (χ4n) is 2.00. The number of allylic oxidation sites excluding steroid dienone is 2. The van der Waals surface area contributed by atoms with E-state index in [1.165, 1.54) is 11.3 Å². The highest BCUT2D eigenvalue weighted by Crippen LogP contribution is 2.46. The zero-order valence-electron chi connectivity index (χ0n) is 8.48. The molecule has 0 fully saturated rings. The monoisotopic (exact) mass is 256 g/mol. The Labute approximate surface area is 105 Å². The molecule has 0 N–H and O–H groups in total. The first kappa shape index (κ1) is 10.2. The molecule has 1 aliphatic rings. The van der Waals surface area contributed by atoms with Crippen molar-refractivity contribution >= 4 is 43.4 Å². The van der Waals surface area contributed by atoms with E-state index in [1.807, 2.05) is 23.6 Å². The Morgan fingerprint density at radius 2 is 2.12 bits per heavy atom. The smallest absolute Gasteiger partial charge is 0.177 e. The third kappa shape index (κ3) is 1.27. The van der Waals surface area contributed by atoms with E-state index in [0.29, 0.717) is 10.5 Å². The second-order valence-electron chi connectivity index (χ2n) is 3.60. The molecule has 1 aliphatic carbocycles. The summed E-state index contributed by atoms with van der Waals surface area (Å²) in [4.78, 5) is 12.5. The molecule has 0 atom stereocenters. The third-order valence-corrected chi connectivity index (χ3v) is 4.97. The molecule has 0 radical (unpaired) electrons. The minimum absolute atomic E-state index is 0.0198. The fourth-order valence-corrected chi connectivity index (χ4v) is 4.35. The lowest BCUT2D eigenvalue weighted by molar-refractivity contribution is 0.101. The minimum Gasteiger partial charge on any atom is -0.293 e. The SMILES string of the molecule is N#CC(C#N)=C1CC(=O)c2sc3ccsc3c21. The summed E-state index contributed by atoms with van der Waals surface area (Å²) in [6, 6.07) is 5.72. The second-order valence-corrected chi connectivity index (χ2v) is 5.57.